The Hall–Kier alpha value is -0.930. The van der Waals surface area contributed by atoms with Gasteiger partial charge in [0.15, 0.2) is 5.82 Å². The first-order chi connectivity index (χ1) is 8.24. The lowest BCUT2D eigenvalue weighted by Gasteiger charge is -2.03. The molecule has 0 amide bonds. The van der Waals surface area contributed by atoms with E-state index in [2.05, 4.69) is 50.2 Å². The minimum atomic E-state index is 0.446. The fourth-order valence-corrected chi connectivity index (χ4v) is 2.13. The molecule has 86 valence electrons. The number of halogens is 2. The maximum absolute atomic E-state index is 5.96. The lowest BCUT2D eigenvalue weighted by atomic mass is 10.1. The van der Waals surface area contributed by atoms with Crippen LogP contribution in [0.1, 0.15) is 24.3 Å². The predicted molar refractivity (Wildman–Crippen MR) is 72.2 cm³/mol. The zero-order valence-electron chi connectivity index (χ0n) is 9.03. The Balaban J connectivity index is 1.94. The third kappa shape index (κ3) is 2.35. The average Bonchev–Trinajstić information content (AvgIpc) is 3.17. The van der Waals surface area contributed by atoms with Gasteiger partial charge in [0.05, 0.1) is 4.47 Å². The molecule has 4 heteroatoms. The van der Waals surface area contributed by atoms with Crippen LogP contribution in [0.2, 0.25) is 5.15 Å². The van der Waals surface area contributed by atoms with Crippen molar-refractivity contribution in [3.63, 3.8) is 0 Å². The first-order valence-electron chi connectivity index (χ1n) is 5.52. The van der Waals surface area contributed by atoms with Gasteiger partial charge in [0, 0.05) is 11.8 Å². The van der Waals surface area contributed by atoms with Crippen LogP contribution in [-0.2, 0) is 0 Å². The van der Waals surface area contributed by atoms with Crippen LogP contribution in [0.15, 0.2) is 34.9 Å². The quantitative estimate of drug-likeness (QED) is 0.767. The summed E-state index contributed by atoms with van der Waals surface area (Å²) in [5.74, 6) is 1.44. The minimum absolute atomic E-state index is 0.446. The molecule has 0 bridgehead atoms. The highest BCUT2D eigenvalue weighted by molar-refractivity contribution is 9.10. The van der Waals surface area contributed by atoms with Crippen molar-refractivity contribution in [2.24, 2.45) is 0 Å². The fraction of sp³-hybridized carbons (Fsp3) is 0.231. The molecular weight excluding hydrogens is 300 g/mol. The molecule has 1 aromatic carbocycles. The molecule has 1 aromatic heterocycles. The van der Waals surface area contributed by atoms with E-state index in [1.165, 1.54) is 18.4 Å². The summed E-state index contributed by atoms with van der Waals surface area (Å²) in [6.07, 6.45) is 4.32. The molecule has 2 nitrogen and oxygen atoms in total. The Morgan fingerprint density at radius 3 is 2.47 bits per heavy atom. The van der Waals surface area contributed by atoms with Crippen LogP contribution < -0.4 is 0 Å². The van der Waals surface area contributed by atoms with Gasteiger partial charge in [-0.25, -0.2) is 9.97 Å². The van der Waals surface area contributed by atoms with Crippen LogP contribution in [0.5, 0.6) is 0 Å². The molecule has 3 rings (SSSR count). The lowest BCUT2D eigenvalue weighted by molar-refractivity contribution is 1.12. The molecule has 0 saturated heterocycles. The van der Waals surface area contributed by atoms with Crippen LogP contribution in [0.25, 0.3) is 11.4 Å². The summed E-state index contributed by atoms with van der Waals surface area (Å²) in [6.45, 7) is 0. The number of benzene rings is 1. The van der Waals surface area contributed by atoms with E-state index in [4.69, 9.17) is 11.6 Å². The average molecular weight is 310 g/mol. The van der Waals surface area contributed by atoms with E-state index >= 15 is 0 Å². The highest BCUT2D eigenvalue weighted by Gasteiger charge is 2.23. The van der Waals surface area contributed by atoms with Gasteiger partial charge in [-0.1, -0.05) is 35.9 Å². The van der Waals surface area contributed by atoms with Crippen molar-refractivity contribution in [2.45, 2.75) is 18.8 Å². The second-order valence-corrected chi connectivity index (χ2v) is 5.44. The topological polar surface area (TPSA) is 25.8 Å². The smallest absolute Gasteiger partial charge is 0.160 e. The Kier molecular flexibility index (Phi) is 2.89. The van der Waals surface area contributed by atoms with Crippen molar-refractivity contribution in [3.8, 4) is 11.4 Å². The van der Waals surface area contributed by atoms with E-state index in [1.807, 2.05) is 0 Å². The van der Waals surface area contributed by atoms with E-state index < -0.39 is 0 Å². The van der Waals surface area contributed by atoms with Gasteiger partial charge in [0.2, 0.25) is 0 Å². The molecule has 1 aliphatic rings. The van der Waals surface area contributed by atoms with Crippen molar-refractivity contribution in [2.75, 3.05) is 0 Å². The van der Waals surface area contributed by atoms with E-state index in [0.717, 1.165) is 16.0 Å². The number of aromatic nitrogens is 2. The summed E-state index contributed by atoms with van der Waals surface area (Å²) in [4.78, 5) is 8.50. The summed E-state index contributed by atoms with van der Waals surface area (Å²) < 4.78 is 0.720. The normalized spacial score (nSPS) is 14.9. The third-order valence-corrected chi connectivity index (χ3v) is 4.02. The van der Waals surface area contributed by atoms with E-state index in [-0.39, 0.29) is 0 Å². The van der Waals surface area contributed by atoms with Gasteiger partial charge in [0.25, 0.3) is 0 Å². The maximum atomic E-state index is 5.96. The zero-order valence-corrected chi connectivity index (χ0v) is 11.4. The molecule has 1 saturated carbocycles. The van der Waals surface area contributed by atoms with Crippen LogP contribution in [-0.4, -0.2) is 9.97 Å². The predicted octanol–water partition coefficient (Wildman–Crippen LogP) is 4.44. The number of hydrogen-bond acceptors (Lipinski definition) is 2. The van der Waals surface area contributed by atoms with Gasteiger partial charge in [-0.3, -0.25) is 0 Å². The molecule has 1 heterocycles. The first-order valence-corrected chi connectivity index (χ1v) is 6.69. The summed E-state index contributed by atoms with van der Waals surface area (Å²) >= 11 is 9.24. The molecule has 0 aliphatic heterocycles. The molecular formula is C13H10BrClN2. The molecule has 0 N–H and O–H groups in total. The van der Waals surface area contributed by atoms with E-state index in [0.29, 0.717) is 11.0 Å². The molecule has 0 radical (unpaired) electrons. The summed E-state index contributed by atoms with van der Waals surface area (Å²) in [6, 6.07) is 8.44. The van der Waals surface area contributed by atoms with Crippen LogP contribution in [0.4, 0.5) is 0 Å². The summed E-state index contributed by atoms with van der Waals surface area (Å²) in [5.41, 5.74) is 2.42. The SMILES string of the molecule is Clc1nc(-c2ccc(C3CC3)cc2)ncc1Br. The summed E-state index contributed by atoms with van der Waals surface area (Å²) in [5, 5.41) is 0.446. The Morgan fingerprint density at radius 1 is 1.18 bits per heavy atom. The molecule has 17 heavy (non-hydrogen) atoms. The van der Waals surface area contributed by atoms with Crippen LogP contribution in [0, 0.1) is 0 Å². The van der Waals surface area contributed by atoms with Crippen molar-refractivity contribution in [1.29, 1.82) is 0 Å². The molecule has 1 aliphatic carbocycles. The Bertz CT molecular complexity index is 550. The summed E-state index contributed by atoms with van der Waals surface area (Å²) in [7, 11) is 0. The molecule has 0 unspecified atom stereocenters. The fourth-order valence-electron chi connectivity index (χ4n) is 1.81. The van der Waals surface area contributed by atoms with Gasteiger partial charge < -0.3 is 0 Å². The standard InChI is InChI=1S/C13H10BrClN2/c14-11-7-16-13(17-12(11)15)10-5-3-9(4-6-10)8-1-2-8/h3-8H,1-2H2. The monoisotopic (exact) mass is 308 g/mol. The minimum Gasteiger partial charge on any atom is -0.235 e. The lowest BCUT2D eigenvalue weighted by Crippen LogP contribution is -1.90. The molecule has 0 spiro atoms. The third-order valence-electron chi connectivity index (χ3n) is 2.92. The highest BCUT2D eigenvalue weighted by atomic mass is 79.9. The van der Waals surface area contributed by atoms with Crippen molar-refractivity contribution >= 4 is 27.5 Å². The van der Waals surface area contributed by atoms with Gasteiger partial charge in [0.1, 0.15) is 5.15 Å². The van der Waals surface area contributed by atoms with Crippen LogP contribution >= 0.6 is 27.5 Å². The largest absolute Gasteiger partial charge is 0.235 e. The van der Waals surface area contributed by atoms with Crippen LogP contribution in [0.3, 0.4) is 0 Å². The van der Waals surface area contributed by atoms with E-state index in [1.54, 1.807) is 6.20 Å². The van der Waals surface area contributed by atoms with E-state index in [9.17, 15) is 0 Å². The molecule has 2 aromatic rings. The second kappa shape index (κ2) is 4.39. The number of hydrogen-bond donors (Lipinski definition) is 0. The molecule has 0 atom stereocenters. The number of nitrogens with zero attached hydrogens (tertiary/aromatic N) is 2. The molecule has 1 fully saturated rings. The Labute approximate surface area is 113 Å². The maximum Gasteiger partial charge on any atom is 0.160 e. The Morgan fingerprint density at radius 2 is 1.88 bits per heavy atom. The highest BCUT2D eigenvalue weighted by Crippen LogP contribution is 2.40. The van der Waals surface area contributed by atoms with Crippen molar-refractivity contribution in [3.05, 3.63) is 45.7 Å². The van der Waals surface area contributed by atoms with Crippen molar-refractivity contribution in [1.82, 2.24) is 9.97 Å². The van der Waals surface area contributed by atoms with Gasteiger partial charge in [-0.05, 0) is 40.3 Å². The number of rotatable bonds is 2. The second-order valence-electron chi connectivity index (χ2n) is 4.23. The van der Waals surface area contributed by atoms with Crippen molar-refractivity contribution < 1.29 is 0 Å². The van der Waals surface area contributed by atoms with Gasteiger partial charge in [-0.2, -0.15) is 0 Å². The first kappa shape index (κ1) is 11.2. The zero-order chi connectivity index (χ0) is 11.8. The van der Waals surface area contributed by atoms with Gasteiger partial charge >= 0.3 is 0 Å². The van der Waals surface area contributed by atoms with Gasteiger partial charge in [-0.15, -0.1) is 0 Å².